The molecule has 2 fully saturated rings. The molecule has 4 atom stereocenters. The van der Waals surface area contributed by atoms with Gasteiger partial charge in [-0.3, -0.25) is 4.57 Å². The van der Waals surface area contributed by atoms with E-state index in [-0.39, 0.29) is 12.4 Å². The average molecular weight is 297 g/mol. The lowest BCUT2D eigenvalue weighted by molar-refractivity contribution is -0.218. The Morgan fingerprint density at radius 3 is 2.81 bits per heavy atom. The van der Waals surface area contributed by atoms with Crippen molar-refractivity contribution in [3.63, 3.8) is 0 Å². The quantitative estimate of drug-likeness (QED) is 0.766. The van der Waals surface area contributed by atoms with Crippen LogP contribution in [0.15, 0.2) is 17.1 Å². The first kappa shape index (κ1) is 14.5. The zero-order valence-electron chi connectivity index (χ0n) is 12.1. The molecule has 2 saturated heterocycles. The third kappa shape index (κ3) is 2.15. The van der Waals surface area contributed by atoms with Gasteiger partial charge in [-0.1, -0.05) is 0 Å². The molecule has 21 heavy (non-hydrogen) atoms. The number of aliphatic hydroxyl groups excluding tert-OH is 1. The zero-order valence-corrected chi connectivity index (χ0v) is 12.1. The summed E-state index contributed by atoms with van der Waals surface area (Å²) in [6.07, 6.45) is -0.299. The van der Waals surface area contributed by atoms with Crippen LogP contribution in [0.1, 0.15) is 27.0 Å². The number of nitrogens with two attached hydrogens (primary N) is 1. The van der Waals surface area contributed by atoms with Gasteiger partial charge in [0.25, 0.3) is 0 Å². The highest BCUT2D eigenvalue weighted by Crippen LogP contribution is 2.50. The Morgan fingerprint density at radius 1 is 1.48 bits per heavy atom. The van der Waals surface area contributed by atoms with Crippen LogP contribution in [-0.4, -0.2) is 44.9 Å². The normalized spacial score (nSPS) is 37.6. The minimum atomic E-state index is -0.904. The number of hydrogen-bond donors (Lipinski definition) is 2. The Hall–Kier alpha value is -1.48. The van der Waals surface area contributed by atoms with Gasteiger partial charge >= 0.3 is 5.69 Å². The lowest BCUT2D eigenvalue weighted by Crippen LogP contribution is -2.44. The van der Waals surface area contributed by atoms with Crippen LogP contribution in [0.2, 0.25) is 0 Å². The van der Waals surface area contributed by atoms with Crippen molar-refractivity contribution in [2.24, 2.45) is 0 Å². The number of nitrogen functional groups attached to an aromatic ring is 1. The van der Waals surface area contributed by atoms with Gasteiger partial charge in [-0.2, -0.15) is 4.98 Å². The lowest BCUT2D eigenvalue weighted by atomic mass is 9.96. The molecule has 8 heteroatoms. The van der Waals surface area contributed by atoms with Gasteiger partial charge in [-0.25, -0.2) is 4.79 Å². The first-order valence-corrected chi connectivity index (χ1v) is 6.76. The molecule has 2 aliphatic rings. The van der Waals surface area contributed by atoms with Crippen molar-refractivity contribution in [2.75, 3.05) is 12.3 Å². The van der Waals surface area contributed by atoms with Crippen LogP contribution < -0.4 is 11.4 Å². The molecule has 3 rings (SSSR count). The van der Waals surface area contributed by atoms with Gasteiger partial charge in [0.15, 0.2) is 12.0 Å². The van der Waals surface area contributed by atoms with Crippen LogP contribution in [0.25, 0.3) is 0 Å². The van der Waals surface area contributed by atoms with Crippen LogP contribution in [0.3, 0.4) is 0 Å². The Bertz CT molecular complexity index is 616. The summed E-state index contributed by atoms with van der Waals surface area (Å²) in [5.74, 6) is -0.682. The van der Waals surface area contributed by atoms with Crippen molar-refractivity contribution in [2.45, 2.75) is 50.6 Å². The van der Waals surface area contributed by atoms with E-state index in [1.54, 1.807) is 20.8 Å². The molecule has 8 nitrogen and oxygen atoms in total. The van der Waals surface area contributed by atoms with E-state index >= 15 is 0 Å². The number of anilines is 1. The summed E-state index contributed by atoms with van der Waals surface area (Å²) in [4.78, 5) is 15.7. The van der Waals surface area contributed by atoms with E-state index in [1.807, 2.05) is 0 Å². The van der Waals surface area contributed by atoms with E-state index in [2.05, 4.69) is 4.98 Å². The number of nitrogens with zero attached hydrogens (tertiary/aromatic N) is 2. The Labute approximate surface area is 121 Å². The maximum absolute atomic E-state index is 12.0. The maximum atomic E-state index is 12.0. The van der Waals surface area contributed by atoms with Gasteiger partial charge in [0.05, 0.1) is 6.61 Å². The van der Waals surface area contributed by atoms with Crippen molar-refractivity contribution in [3.05, 3.63) is 22.7 Å². The van der Waals surface area contributed by atoms with Crippen molar-refractivity contribution < 1.29 is 19.3 Å². The summed E-state index contributed by atoms with van der Waals surface area (Å²) in [5.41, 5.74) is 4.06. The van der Waals surface area contributed by atoms with Crippen LogP contribution in [0, 0.1) is 0 Å². The van der Waals surface area contributed by atoms with Crippen LogP contribution >= 0.6 is 0 Å². The van der Waals surface area contributed by atoms with Crippen LogP contribution in [0.5, 0.6) is 0 Å². The van der Waals surface area contributed by atoms with Crippen LogP contribution in [0.4, 0.5) is 5.82 Å². The molecule has 0 radical (unpaired) electrons. The highest BCUT2D eigenvalue weighted by molar-refractivity contribution is 5.24. The SMILES string of the molecule is CC1(C)O[C@H]2[C@@H](CO)O[C@@H](n3ccc(N)nc3=O)C2(C)O1. The summed E-state index contributed by atoms with van der Waals surface area (Å²) in [6, 6.07) is 1.51. The molecule has 0 aromatic carbocycles. The fourth-order valence-corrected chi connectivity index (χ4v) is 3.13. The number of aliphatic hydroxyl groups is 1. The molecule has 0 saturated carbocycles. The standard InChI is InChI=1S/C13H19N3O5/c1-12(2)20-9-7(6-17)19-10(13(9,3)21-12)16-5-4-8(14)15-11(16)18/h4-5,7,9-10,17H,6H2,1-3H3,(H2,14,15,18)/t7-,9+,10-,13?/m1/s1. The molecular weight excluding hydrogens is 278 g/mol. The Morgan fingerprint density at radius 2 is 2.19 bits per heavy atom. The number of rotatable bonds is 2. The van der Waals surface area contributed by atoms with Gasteiger partial charge < -0.3 is 25.1 Å². The topological polar surface area (TPSA) is 109 Å². The van der Waals surface area contributed by atoms with E-state index in [0.29, 0.717) is 0 Å². The average Bonchev–Trinajstić information content (AvgIpc) is 2.76. The Kier molecular flexibility index (Phi) is 3.10. The molecule has 116 valence electrons. The highest BCUT2D eigenvalue weighted by atomic mass is 16.8. The summed E-state index contributed by atoms with van der Waals surface area (Å²) in [7, 11) is 0. The molecule has 1 aromatic rings. The number of ether oxygens (including phenoxy) is 3. The van der Waals surface area contributed by atoms with Crippen molar-refractivity contribution >= 4 is 5.82 Å². The molecule has 1 unspecified atom stereocenters. The molecular formula is C13H19N3O5. The predicted molar refractivity (Wildman–Crippen MR) is 72.3 cm³/mol. The van der Waals surface area contributed by atoms with E-state index < -0.39 is 35.5 Å². The first-order valence-electron chi connectivity index (χ1n) is 6.76. The van der Waals surface area contributed by atoms with Crippen molar-refractivity contribution in [1.29, 1.82) is 0 Å². The summed E-state index contributed by atoms with van der Waals surface area (Å²) < 4.78 is 18.9. The Balaban J connectivity index is 2.05. The monoisotopic (exact) mass is 297 g/mol. The highest BCUT2D eigenvalue weighted by Gasteiger charge is 2.64. The second kappa shape index (κ2) is 4.51. The van der Waals surface area contributed by atoms with Crippen molar-refractivity contribution in [1.82, 2.24) is 9.55 Å². The molecule has 0 aliphatic carbocycles. The fraction of sp³-hybridized carbons (Fsp3) is 0.692. The smallest absolute Gasteiger partial charge is 0.351 e. The fourth-order valence-electron chi connectivity index (χ4n) is 3.13. The molecule has 3 N–H and O–H groups in total. The number of aromatic nitrogens is 2. The summed E-state index contributed by atoms with van der Waals surface area (Å²) in [6.45, 7) is 5.14. The van der Waals surface area contributed by atoms with Crippen molar-refractivity contribution in [3.8, 4) is 0 Å². The number of fused-ring (bicyclic) bond motifs is 1. The molecule has 0 amide bonds. The van der Waals surface area contributed by atoms with Gasteiger partial charge in [0, 0.05) is 6.20 Å². The van der Waals surface area contributed by atoms with Gasteiger partial charge in [-0.05, 0) is 26.8 Å². The number of hydrogen-bond acceptors (Lipinski definition) is 7. The molecule has 0 bridgehead atoms. The lowest BCUT2D eigenvalue weighted by Gasteiger charge is -2.30. The third-order valence-electron chi connectivity index (χ3n) is 3.86. The van der Waals surface area contributed by atoms with Crippen LogP contribution in [-0.2, 0) is 14.2 Å². The summed E-state index contributed by atoms with van der Waals surface area (Å²) in [5, 5.41) is 9.49. The van der Waals surface area contributed by atoms with E-state index in [1.165, 1.54) is 16.8 Å². The van der Waals surface area contributed by atoms with E-state index in [0.717, 1.165) is 0 Å². The van der Waals surface area contributed by atoms with Gasteiger partial charge in [0.1, 0.15) is 23.6 Å². The second-order valence-electron chi connectivity index (χ2n) is 5.98. The summed E-state index contributed by atoms with van der Waals surface area (Å²) >= 11 is 0. The maximum Gasteiger partial charge on any atom is 0.351 e. The largest absolute Gasteiger partial charge is 0.394 e. The molecule has 1 aromatic heterocycles. The van der Waals surface area contributed by atoms with E-state index in [4.69, 9.17) is 19.9 Å². The van der Waals surface area contributed by atoms with E-state index in [9.17, 15) is 9.90 Å². The molecule has 3 heterocycles. The first-order chi connectivity index (χ1) is 9.77. The van der Waals surface area contributed by atoms with Gasteiger partial charge in [-0.15, -0.1) is 0 Å². The zero-order chi connectivity index (χ0) is 15.4. The molecule has 2 aliphatic heterocycles. The minimum Gasteiger partial charge on any atom is -0.394 e. The second-order valence-corrected chi connectivity index (χ2v) is 5.98. The minimum absolute atomic E-state index is 0.138. The van der Waals surface area contributed by atoms with Gasteiger partial charge in [0.2, 0.25) is 0 Å². The third-order valence-corrected chi connectivity index (χ3v) is 3.86. The molecule has 0 spiro atoms. The predicted octanol–water partition coefficient (Wildman–Crippen LogP) is -0.375.